The van der Waals surface area contributed by atoms with E-state index < -0.39 is 15.9 Å². The molecule has 0 aliphatic carbocycles. The molecule has 9 heteroatoms. The van der Waals surface area contributed by atoms with Crippen LogP contribution in [0.4, 0.5) is 0 Å². The Morgan fingerprint density at radius 1 is 0.966 bits per heavy atom. The summed E-state index contributed by atoms with van der Waals surface area (Å²) in [5.74, 6) is 0.979. The van der Waals surface area contributed by atoms with E-state index in [9.17, 15) is 13.2 Å². The lowest BCUT2D eigenvalue weighted by Gasteiger charge is -2.20. The number of amides is 1. The minimum absolute atomic E-state index is 0.122. The zero-order valence-corrected chi connectivity index (χ0v) is 17.8. The van der Waals surface area contributed by atoms with Crippen molar-refractivity contribution < 1.29 is 27.4 Å². The highest BCUT2D eigenvalue weighted by Gasteiger charge is 2.21. The summed E-state index contributed by atoms with van der Waals surface area (Å²) < 4.78 is 41.2. The molecule has 0 aliphatic heterocycles. The SMILES string of the molecule is COc1cc(CNC(=O)CN(Cc2ccccc2)S(C)(=O)=O)cc(OC)c1OC. The fourth-order valence-electron chi connectivity index (χ4n) is 2.73. The van der Waals surface area contributed by atoms with Crippen LogP contribution in [-0.2, 0) is 27.9 Å². The maximum absolute atomic E-state index is 12.4. The summed E-state index contributed by atoms with van der Waals surface area (Å²) in [5, 5.41) is 2.73. The molecule has 1 N–H and O–H groups in total. The highest BCUT2D eigenvalue weighted by molar-refractivity contribution is 7.88. The van der Waals surface area contributed by atoms with Crippen molar-refractivity contribution in [2.24, 2.45) is 0 Å². The van der Waals surface area contributed by atoms with E-state index in [0.717, 1.165) is 21.7 Å². The number of hydrogen-bond acceptors (Lipinski definition) is 6. The van der Waals surface area contributed by atoms with Gasteiger partial charge < -0.3 is 19.5 Å². The first-order chi connectivity index (χ1) is 13.8. The van der Waals surface area contributed by atoms with Crippen molar-refractivity contribution in [3.63, 3.8) is 0 Å². The molecule has 0 aromatic heterocycles. The van der Waals surface area contributed by atoms with E-state index in [4.69, 9.17) is 14.2 Å². The molecule has 0 fully saturated rings. The van der Waals surface area contributed by atoms with Crippen molar-refractivity contribution in [3.8, 4) is 17.2 Å². The third-order valence-electron chi connectivity index (χ3n) is 4.20. The summed E-state index contributed by atoms with van der Waals surface area (Å²) in [7, 11) is 0.967. The second-order valence-electron chi connectivity index (χ2n) is 6.33. The number of methoxy groups -OCH3 is 3. The molecule has 1 amide bonds. The molecule has 158 valence electrons. The van der Waals surface area contributed by atoms with Crippen LogP contribution in [0.5, 0.6) is 17.2 Å². The molecule has 0 saturated carbocycles. The normalized spacial score (nSPS) is 11.2. The Labute approximate surface area is 171 Å². The van der Waals surface area contributed by atoms with Crippen molar-refractivity contribution in [2.45, 2.75) is 13.1 Å². The van der Waals surface area contributed by atoms with Crippen LogP contribution < -0.4 is 19.5 Å². The number of sulfonamides is 1. The van der Waals surface area contributed by atoms with Gasteiger partial charge in [-0.1, -0.05) is 30.3 Å². The molecule has 0 unspecified atom stereocenters. The van der Waals surface area contributed by atoms with Crippen LogP contribution in [0, 0.1) is 0 Å². The molecule has 2 aromatic rings. The van der Waals surface area contributed by atoms with E-state index in [-0.39, 0.29) is 19.6 Å². The van der Waals surface area contributed by atoms with Crippen LogP contribution in [0.3, 0.4) is 0 Å². The molecule has 0 radical (unpaired) electrons. The van der Waals surface area contributed by atoms with E-state index in [1.54, 1.807) is 12.1 Å². The Hall–Kier alpha value is -2.78. The van der Waals surface area contributed by atoms with E-state index in [0.29, 0.717) is 17.2 Å². The molecule has 0 heterocycles. The predicted octanol–water partition coefficient (Wildman–Crippen LogP) is 1.79. The molecular formula is C20H26N2O6S. The van der Waals surface area contributed by atoms with Gasteiger partial charge in [-0.3, -0.25) is 4.79 Å². The maximum Gasteiger partial charge on any atom is 0.235 e. The van der Waals surface area contributed by atoms with Gasteiger partial charge in [-0.15, -0.1) is 0 Å². The topological polar surface area (TPSA) is 94.2 Å². The summed E-state index contributed by atoms with van der Waals surface area (Å²) in [6, 6.07) is 12.6. The molecule has 0 spiro atoms. The standard InChI is InChI=1S/C20H26N2O6S/c1-26-17-10-16(11-18(27-2)20(17)28-3)12-21-19(23)14-22(29(4,24)25)13-15-8-6-5-7-9-15/h5-11H,12-14H2,1-4H3,(H,21,23). The van der Waals surface area contributed by atoms with Crippen molar-refractivity contribution in [2.75, 3.05) is 34.1 Å². The molecule has 2 aromatic carbocycles. The highest BCUT2D eigenvalue weighted by atomic mass is 32.2. The van der Waals surface area contributed by atoms with Crippen molar-refractivity contribution in [1.82, 2.24) is 9.62 Å². The van der Waals surface area contributed by atoms with Gasteiger partial charge in [0.25, 0.3) is 0 Å². The molecule has 8 nitrogen and oxygen atoms in total. The van der Waals surface area contributed by atoms with Crippen LogP contribution in [0.15, 0.2) is 42.5 Å². The van der Waals surface area contributed by atoms with Crippen LogP contribution in [0.1, 0.15) is 11.1 Å². The average molecular weight is 423 g/mol. The molecule has 2 rings (SSSR count). The van der Waals surface area contributed by atoms with E-state index in [2.05, 4.69) is 5.32 Å². The summed E-state index contributed by atoms with van der Waals surface area (Å²) in [6.07, 6.45) is 1.09. The van der Waals surface area contributed by atoms with Gasteiger partial charge in [0, 0.05) is 13.1 Å². The van der Waals surface area contributed by atoms with Crippen molar-refractivity contribution in [3.05, 3.63) is 53.6 Å². The Balaban J connectivity index is 2.07. The second kappa shape index (κ2) is 10.1. The number of carbonyl (C=O) groups is 1. The monoisotopic (exact) mass is 422 g/mol. The Morgan fingerprint density at radius 3 is 2.03 bits per heavy atom. The fourth-order valence-corrected chi connectivity index (χ4v) is 3.47. The first-order valence-corrected chi connectivity index (χ1v) is 10.7. The van der Waals surface area contributed by atoms with Gasteiger partial charge in [-0.05, 0) is 23.3 Å². The predicted molar refractivity (Wildman–Crippen MR) is 110 cm³/mol. The minimum atomic E-state index is -3.56. The summed E-state index contributed by atoms with van der Waals surface area (Å²) in [4.78, 5) is 12.4. The quantitative estimate of drug-likeness (QED) is 0.627. The summed E-state index contributed by atoms with van der Waals surface area (Å²) >= 11 is 0. The molecular weight excluding hydrogens is 396 g/mol. The molecule has 0 bridgehead atoms. The van der Waals surface area contributed by atoms with Crippen molar-refractivity contribution >= 4 is 15.9 Å². The second-order valence-corrected chi connectivity index (χ2v) is 8.31. The first kappa shape index (κ1) is 22.5. The van der Waals surface area contributed by atoms with Crippen LogP contribution in [-0.4, -0.2) is 52.8 Å². The molecule has 0 atom stereocenters. The lowest BCUT2D eigenvalue weighted by atomic mass is 10.1. The first-order valence-electron chi connectivity index (χ1n) is 8.83. The fraction of sp³-hybridized carbons (Fsp3) is 0.350. The number of hydrogen-bond donors (Lipinski definition) is 1. The third kappa shape index (κ3) is 6.37. The van der Waals surface area contributed by atoms with Gasteiger partial charge in [0.15, 0.2) is 11.5 Å². The number of ether oxygens (including phenoxy) is 3. The lowest BCUT2D eigenvalue weighted by molar-refractivity contribution is -0.121. The Morgan fingerprint density at radius 2 is 1.55 bits per heavy atom. The maximum atomic E-state index is 12.4. The van der Waals surface area contributed by atoms with Gasteiger partial charge >= 0.3 is 0 Å². The highest BCUT2D eigenvalue weighted by Crippen LogP contribution is 2.38. The van der Waals surface area contributed by atoms with Gasteiger partial charge in [0.1, 0.15) is 0 Å². The van der Waals surface area contributed by atoms with E-state index in [1.165, 1.54) is 21.3 Å². The number of benzene rings is 2. The minimum Gasteiger partial charge on any atom is -0.493 e. The van der Waals surface area contributed by atoms with Crippen LogP contribution in [0.2, 0.25) is 0 Å². The largest absolute Gasteiger partial charge is 0.493 e. The van der Waals surface area contributed by atoms with Gasteiger partial charge in [0.2, 0.25) is 21.7 Å². The van der Waals surface area contributed by atoms with Crippen LogP contribution in [0.25, 0.3) is 0 Å². The van der Waals surface area contributed by atoms with Gasteiger partial charge in [-0.2, -0.15) is 4.31 Å². The molecule has 29 heavy (non-hydrogen) atoms. The zero-order valence-electron chi connectivity index (χ0n) is 17.0. The number of nitrogens with zero attached hydrogens (tertiary/aromatic N) is 1. The smallest absolute Gasteiger partial charge is 0.235 e. The molecule has 0 aliphatic rings. The number of nitrogens with one attached hydrogen (secondary N) is 1. The number of rotatable bonds is 10. The Bertz CT molecular complexity index is 906. The number of carbonyl (C=O) groups excluding carboxylic acids is 1. The summed E-state index contributed by atoms with van der Waals surface area (Å²) in [5.41, 5.74) is 1.53. The zero-order chi connectivity index (χ0) is 21.4. The van der Waals surface area contributed by atoms with Gasteiger partial charge in [0.05, 0.1) is 34.1 Å². The van der Waals surface area contributed by atoms with Gasteiger partial charge in [-0.25, -0.2) is 8.42 Å². The van der Waals surface area contributed by atoms with E-state index >= 15 is 0 Å². The third-order valence-corrected chi connectivity index (χ3v) is 5.40. The Kier molecular flexibility index (Phi) is 7.86. The summed E-state index contributed by atoms with van der Waals surface area (Å²) in [6.45, 7) is 0.0217. The van der Waals surface area contributed by atoms with Crippen molar-refractivity contribution in [1.29, 1.82) is 0 Å². The molecule has 0 saturated heterocycles. The van der Waals surface area contributed by atoms with Crippen LogP contribution >= 0.6 is 0 Å². The lowest BCUT2D eigenvalue weighted by Crippen LogP contribution is -2.39. The average Bonchev–Trinajstić information content (AvgIpc) is 2.70. The van der Waals surface area contributed by atoms with E-state index in [1.807, 2.05) is 30.3 Å².